The second kappa shape index (κ2) is 7.48. The lowest BCUT2D eigenvalue weighted by Gasteiger charge is -2.60. The van der Waals surface area contributed by atoms with E-state index >= 15 is 0 Å². The monoisotopic (exact) mass is 366 g/mol. The number of piperidine rings is 3. The Kier molecular flexibility index (Phi) is 5.44. The quantitative estimate of drug-likeness (QED) is 0.646. The molecular formula is C20H25BN3O3. The number of rotatable bonds is 5. The second-order valence-electron chi connectivity index (χ2n) is 7.29. The van der Waals surface area contributed by atoms with Crippen molar-refractivity contribution in [1.29, 1.82) is 0 Å². The zero-order valence-electron chi connectivity index (χ0n) is 15.8. The molecule has 3 radical (unpaired) electrons. The van der Waals surface area contributed by atoms with Crippen LogP contribution in [0, 0.1) is 6.92 Å². The van der Waals surface area contributed by atoms with Gasteiger partial charge in [-0.25, -0.2) is 0 Å². The largest absolute Gasteiger partial charge is 0.491 e. The summed E-state index contributed by atoms with van der Waals surface area (Å²) in [5.41, 5.74) is -1.13. The highest BCUT2D eigenvalue weighted by Crippen LogP contribution is 2.50. The summed E-state index contributed by atoms with van der Waals surface area (Å²) < 4.78 is 11.6. The number of hydrogen-bond acceptors (Lipinski definition) is 6. The van der Waals surface area contributed by atoms with E-state index in [1.54, 1.807) is 0 Å². The summed E-state index contributed by atoms with van der Waals surface area (Å²) in [6, 6.07) is 9.73. The van der Waals surface area contributed by atoms with Crippen LogP contribution in [0.3, 0.4) is 0 Å². The summed E-state index contributed by atoms with van der Waals surface area (Å²) in [6.45, 7) is 5.88. The van der Waals surface area contributed by atoms with Crippen molar-refractivity contribution in [2.45, 2.75) is 43.7 Å². The predicted molar refractivity (Wildman–Crippen MR) is 103 cm³/mol. The van der Waals surface area contributed by atoms with E-state index in [-0.39, 0.29) is 8.41 Å². The number of ether oxygens (including phenoxy) is 1. The topological polar surface area (TPSA) is 71.6 Å². The average molecular weight is 366 g/mol. The Bertz CT molecular complexity index is 787. The van der Waals surface area contributed by atoms with Crippen molar-refractivity contribution in [2.75, 3.05) is 19.7 Å². The number of hydrogen-bond donors (Lipinski definition) is 1. The predicted octanol–water partition coefficient (Wildman–Crippen LogP) is 2.10. The normalized spacial score (nSPS) is 32.4. The van der Waals surface area contributed by atoms with Crippen LogP contribution >= 0.6 is 0 Å². The molecule has 0 aliphatic carbocycles. The Hall–Kier alpha value is -2.12. The van der Waals surface area contributed by atoms with Gasteiger partial charge in [0.2, 0.25) is 5.89 Å². The van der Waals surface area contributed by atoms with Crippen molar-refractivity contribution in [1.82, 2.24) is 15.0 Å². The summed E-state index contributed by atoms with van der Waals surface area (Å²) in [5, 5.41) is 15.5. The van der Waals surface area contributed by atoms with E-state index in [1.165, 1.54) is 0 Å². The van der Waals surface area contributed by atoms with Crippen LogP contribution in [0.5, 0.6) is 5.75 Å². The number of aliphatic hydroxyl groups is 1. The number of aryl methyl sites for hydroxylation is 1. The molecule has 0 spiro atoms. The number of fused-ring (bicyclic) bond motifs is 3. The molecule has 5 rings (SSSR count). The Labute approximate surface area is 161 Å². The molecule has 4 heterocycles. The number of benzene rings is 1. The molecule has 3 saturated heterocycles. The zero-order chi connectivity index (χ0) is 18.2. The Morgan fingerprint density at radius 1 is 1.30 bits per heavy atom. The third-order valence-corrected chi connectivity index (χ3v) is 5.86. The molecule has 3 fully saturated rings. The second-order valence-corrected chi connectivity index (χ2v) is 7.29. The van der Waals surface area contributed by atoms with E-state index in [4.69, 9.17) is 9.26 Å². The first-order valence-electron chi connectivity index (χ1n) is 9.16. The van der Waals surface area contributed by atoms with Crippen molar-refractivity contribution >= 4 is 8.41 Å². The first kappa shape index (κ1) is 19.6. The van der Waals surface area contributed by atoms with E-state index in [9.17, 15) is 5.11 Å². The van der Waals surface area contributed by atoms with Gasteiger partial charge in [0.25, 0.3) is 0 Å². The molecular weight excluding hydrogens is 341 g/mol. The van der Waals surface area contributed by atoms with Gasteiger partial charge in [0.05, 0.1) is 11.5 Å². The van der Waals surface area contributed by atoms with Crippen molar-refractivity contribution in [2.24, 2.45) is 0 Å². The molecule has 1 N–H and O–H groups in total. The highest BCUT2D eigenvalue weighted by Gasteiger charge is 2.62. The zero-order valence-corrected chi connectivity index (χ0v) is 15.8. The molecule has 3 aliphatic heterocycles. The van der Waals surface area contributed by atoms with Gasteiger partial charge in [-0.3, -0.25) is 4.90 Å². The molecule has 7 heteroatoms. The molecule has 1 aromatic carbocycles. The average Bonchev–Trinajstić information content (AvgIpc) is 3.12. The van der Waals surface area contributed by atoms with Crippen molar-refractivity contribution in [3.63, 3.8) is 0 Å². The number of allylic oxidation sites excluding steroid dienone is 1. The molecule has 0 saturated carbocycles. The molecule has 6 nitrogen and oxygen atoms in total. The summed E-state index contributed by atoms with van der Waals surface area (Å²) in [4.78, 5) is 6.80. The maximum absolute atomic E-state index is 11.5. The summed E-state index contributed by atoms with van der Waals surface area (Å²) in [7, 11) is 0. The molecule has 2 bridgehead atoms. The van der Waals surface area contributed by atoms with Gasteiger partial charge in [0, 0.05) is 21.5 Å². The van der Waals surface area contributed by atoms with Gasteiger partial charge in [0.15, 0.2) is 5.82 Å². The van der Waals surface area contributed by atoms with E-state index in [0.29, 0.717) is 18.3 Å². The summed E-state index contributed by atoms with van der Waals surface area (Å²) >= 11 is 0. The van der Waals surface area contributed by atoms with Gasteiger partial charge in [-0.1, -0.05) is 35.5 Å². The van der Waals surface area contributed by atoms with Gasteiger partial charge in [-0.05, 0) is 38.8 Å². The van der Waals surface area contributed by atoms with Crippen molar-refractivity contribution < 1.29 is 14.4 Å². The summed E-state index contributed by atoms with van der Waals surface area (Å²) in [6.07, 6.45) is 4.99. The van der Waals surface area contributed by atoms with Crippen molar-refractivity contribution in [3.05, 3.63) is 54.2 Å². The standard InChI is InChI=1S/C20H25N3O3.B/c1-3-9-20(14-25-16-7-5-4-6-8-16)17(24)19(10-12-23(20)13-11-19)18-21-15(2)22-26-18;/h3-9,17,24H,10-14H2,1-2H3;. The van der Waals surface area contributed by atoms with Gasteiger partial charge < -0.3 is 14.4 Å². The fourth-order valence-corrected chi connectivity index (χ4v) is 4.50. The van der Waals surface area contributed by atoms with Gasteiger partial charge in [0.1, 0.15) is 17.9 Å². The van der Waals surface area contributed by atoms with Gasteiger partial charge in [-0.15, -0.1) is 0 Å². The van der Waals surface area contributed by atoms with Crippen LogP contribution in [0.15, 0.2) is 47.0 Å². The highest BCUT2D eigenvalue weighted by atomic mass is 16.5. The summed E-state index contributed by atoms with van der Waals surface area (Å²) in [5.74, 6) is 1.95. The third kappa shape index (κ3) is 3.09. The van der Waals surface area contributed by atoms with Crippen LogP contribution in [0.4, 0.5) is 0 Å². The molecule has 2 unspecified atom stereocenters. The number of aromatic nitrogens is 2. The Balaban J connectivity index is 0.00000210. The van der Waals surface area contributed by atoms with Gasteiger partial charge in [-0.2, -0.15) is 4.98 Å². The minimum Gasteiger partial charge on any atom is -0.491 e. The Morgan fingerprint density at radius 2 is 2.00 bits per heavy atom. The Morgan fingerprint density at radius 3 is 2.59 bits per heavy atom. The number of aliphatic hydroxyl groups excluding tert-OH is 1. The van der Waals surface area contributed by atoms with Crippen LogP contribution in [-0.4, -0.2) is 59.9 Å². The minimum absolute atomic E-state index is 0. The van der Waals surface area contributed by atoms with Gasteiger partial charge >= 0.3 is 0 Å². The lowest BCUT2D eigenvalue weighted by molar-refractivity contribution is -0.149. The molecule has 27 heavy (non-hydrogen) atoms. The maximum Gasteiger partial charge on any atom is 0.235 e. The number of nitrogens with zero attached hydrogens (tertiary/aromatic N) is 3. The third-order valence-electron chi connectivity index (χ3n) is 5.86. The molecule has 3 aliphatic rings. The van der Waals surface area contributed by atoms with Crippen LogP contribution in [-0.2, 0) is 5.41 Å². The number of para-hydroxylation sites is 1. The van der Waals surface area contributed by atoms with E-state index in [0.717, 1.165) is 31.7 Å². The first-order valence-corrected chi connectivity index (χ1v) is 9.16. The lowest BCUT2D eigenvalue weighted by atomic mass is 9.61. The molecule has 141 valence electrons. The minimum atomic E-state index is -0.683. The van der Waals surface area contributed by atoms with Crippen LogP contribution in [0.1, 0.15) is 31.5 Å². The fraction of sp³-hybridized carbons (Fsp3) is 0.500. The van der Waals surface area contributed by atoms with Crippen LogP contribution in [0.2, 0.25) is 0 Å². The van der Waals surface area contributed by atoms with Crippen molar-refractivity contribution in [3.8, 4) is 5.75 Å². The molecule has 2 atom stereocenters. The highest BCUT2D eigenvalue weighted by molar-refractivity contribution is 5.75. The van der Waals surface area contributed by atoms with E-state index < -0.39 is 17.1 Å². The lowest BCUT2D eigenvalue weighted by Crippen LogP contribution is -2.74. The van der Waals surface area contributed by atoms with Crippen LogP contribution in [0.25, 0.3) is 0 Å². The van der Waals surface area contributed by atoms with Crippen LogP contribution < -0.4 is 4.74 Å². The molecule has 1 aromatic heterocycles. The SMILES string of the molecule is CC=CC1(COc2ccccc2)C(O)C2(c3nc(C)no3)CCN1CC2.[B]. The van der Waals surface area contributed by atoms with E-state index in [2.05, 4.69) is 21.1 Å². The fourth-order valence-electron chi connectivity index (χ4n) is 4.50. The molecule has 0 amide bonds. The smallest absolute Gasteiger partial charge is 0.235 e. The van der Waals surface area contributed by atoms with E-state index in [1.807, 2.05) is 50.3 Å². The maximum atomic E-state index is 11.5. The first-order chi connectivity index (χ1) is 12.6. The molecule has 2 aromatic rings.